The Bertz CT molecular complexity index is 349. The maximum Gasteiger partial charge on any atom is 0.183 e. The molecule has 0 bridgehead atoms. The zero-order valence-electron chi connectivity index (χ0n) is 7.09. The van der Waals surface area contributed by atoms with E-state index in [2.05, 4.69) is 11.1 Å². The predicted molar refractivity (Wildman–Crippen MR) is 52.7 cm³/mol. The van der Waals surface area contributed by atoms with Crippen LogP contribution in [-0.2, 0) is 6.42 Å². The molecule has 2 nitrogen and oxygen atoms in total. The van der Waals surface area contributed by atoms with Crippen molar-refractivity contribution < 1.29 is 0 Å². The number of rotatable bonds is 2. The molecule has 1 aromatic rings. The summed E-state index contributed by atoms with van der Waals surface area (Å²) in [5.74, 6) is 0. The van der Waals surface area contributed by atoms with Crippen LogP contribution < -0.4 is 0 Å². The number of thiazole rings is 1. The van der Waals surface area contributed by atoms with E-state index in [4.69, 9.17) is 16.9 Å². The highest BCUT2D eigenvalue weighted by Gasteiger charge is 2.37. The lowest BCUT2D eigenvalue weighted by Gasteiger charge is -2.34. The second-order valence-corrected chi connectivity index (χ2v) is 4.95. The van der Waals surface area contributed by atoms with Gasteiger partial charge in [-0.25, -0.2) is 4.98 Å². The Hall–Kier alpha value is -0.590. The monoisotopic (exact) mass is 212 g/mol. The molecule has 4 heteroatoms. The highest BCUT2D eigenvalue weighted by atomic mass is 35.5. The number of hydrogen-bond acceptors (Lipinski definition) is 3. The number of halogens is 1. The average Bonchev–Trinajstić information content (AvgIpc) is 2.44. The zero-order valence-corrected chi connectivity index (χ0v) is 8.66. The number of hydrogen-bond donors (Lipinski definition) is 0. The maximum atomic E-state index is 9.00. The molecule has 0 aromatic carbocycles. The van der Waals surface area contributed by atoms with Gasteiger partial charge in [-0.3, -0.25) is 0 Å². The van der Waals surface area contributed by atoms with Gasteiger partial charge in [-0.05, 0) is 12.8 Å². The molecular formula is C9H9ClN2S. The minimum absolute atomic E-state index is 0.128. The summed E-state index contributed by atoms with van der Waals surface area (Å²) >= 11 is 7.15. The molecule has 0 N–H and O–H groups in total. The number of nitrogens with zero attached hydrogens (tertiary/aromatic N) is 2. The highest BCUT2D eigenvalue weighted by Crippen LogP contribution is 2.43. The molecule has 1 fully saturated rings. The molecule has 0 aliphatic heterocycles. The summed E-state index contributed by atoms with van der Waals surface area (Å²) in [5.41, 5.74) is 0.841. The van der Waals surface area contributed by atoms with E-state index >= 15 is 0 Å². The fourth-order valence-electron chi connectivity index (χ4n) is 1.64. The van der Waals surface area contributed by atoms with Gasteiger partial charge in [-0.1, -0.05) is 18.0 Å². The molecule has 68 valence electrons. The van der Waals surface area contributed by atoms with Crippen LogP contribution in [0, 0.1) is 16.7 Å². The van der Waals surface area contributed by atoms with Gasteiger partial charge in [0.1, 0.15) is 0 Å². The maximum absolute atomic E-state index is 9.00. The summed E-state index contributed by atoms with van der Waals surface area (Å²) in [7, 11) is 0. The van der Waals surface area contributed by atoms with Crippen molar-refractivity contribution in [2.75, 3.05) is 0 Å². The average molecular weight is 213 g/mol. The normalized spacial score (nSPS) is 19.1. The van der Waals surface area contributed by atoms with E-state index in [0.717, 1.165) is 25.0 Å². The summed E-state index contributed by atoms with van der Waals surface area (Å²) in [6.45, 7) is 0. The lowest BCUT2D eigenvalue weighted by atomic mass is 9.67. The predicted octanol–water partition coefficient (Wildman–Crippen LogP) is 3.03. The SMILES string of the molecule is N#CC1(Cc2csc(Cl)n2)CCC1. The van der Waals surface area contributed by atoms with Gasteiger partial charge in [0, 0.05) is 11.8 Å². The van der Waals surface area contributed by atoms with Crippen LogP contribution in [0.4, 0.5) is 0 Å². The Morgan fingerprint density at radius 1 is 1.69 bits per heavy atom. The van der Waals surface area contributed by atoms with Crippen molar-refractivity contribution in [2.45, 2.75) is 25.7 Å². The number of aromatic nitrogens is 1. The first-order chi connectivity index (χ1) is 6.24. The molecule has 1 heterocycles. The Morgan fingerprint density at radius 3 is 2.85 bits per heavy atom. The van der Waals surface area contributed by atoms with E-state index in [1.807, 2.05) is 5.38 Å². The van der Waals surface area contributed by atoms with Crippen molar-refractivity contribution >= 4 is 22.9 Å². The molecule has 2 rings (SSSR count). The zero-order chi connectivity index (χ0) is 9.31. The summed E-state index contributed by atoms with van der Waals surface area (Å²) in [4.78, 5) is 4.16. The van der Waals surface area contributed by atoms with Gasteiger partial charge in [-0.15, -0.1) is 11.3 Å². The quantitative estimate of drug-likeness (QED) is 0.756. The minimum atomic E-state index is -0.128. The first kappa shape index (κ1) is 8.98. The molecule has 0 unspecified atom stereocenters. The summed E-state index contributed by atoms with van der Waals surface area (Å²) < 4.78 is 0.572. The molecule has 1 aliphatic carbocycles. The molecule has 13 heavy (non-hydrogen) atoms. The van der Waals surface area contributed by atoms with Crippen LogP contribution in [0.3, 0.4) is 0 Å². The third kappa shape index (κ3) is 1.70. The minimum Gasteiger partial charge on any atom is -0.230 e. The standard InChI is InChI=1S/C9H9ClN2S/c10-8-12-7(5-13-8)4-9(6-11)2-1-3-9/h5H,1-4H2. The van der Waals surface area contributed by atoms with Crippen molar-refractivity contribution in [1.82, 2.24) is 4.98 Å². The Kier molecular flexibility index (Phi) is 2.27. The Morgan fingerprint density at radius 2 is 2.46 bits per heavy atom. The van der Waals surface area contributed by atoms with Crippen LogP contribution >= 0.6 is 22.9 Å². The van der Waals surface area contributed by atoms with Gasteiger partial charge < -0.3 is 0 Å². The Balaban J connectivity index is 2.09. The van der Waals surface area contributed by atoms with Crippen molar-refractivity contribution in [1.29, 1.82) is 5.26 Å². The largest absolute Gasteiger partial charge is 0.230 e. The first-order valence-corrected chi connectivity index (χ1v) is 5.51. The highest BCUT2D eigenvalue weighted by molar-refractivity contribution is 7.13. The summed E-state index contributed by atoms with van der Waals surface area (Å²) in [5, 5.41) is 10.9. The molecule has 1 aromatic heterocycles. The number of nitriles is 1. The molecule has 0 amide bonds. The molecule has 0 saturated heterocycles. The van der Waals surface area contributed by atoms with Crippen molar-refractivity contribution in [3.8, 4) is 6.07 Å². The van der Waals surface area contributed by atoms with Gasteiger partial charge in [-0.2, -0.15) is 5.26 Å². The fraction of sp³-hybridized carbons (Fsp3) is 0.556. The molecule has 0 radical (unpaired) electrons. The van der Waals surface area contributed by atoms with Crippen LogP contribution in [0.1, 0.15) is 25.0 Å². The second kappa shape index (κ2) is 3.28. The fourth-order valence-corrected chi connectivity index (χ4v) is 2.42. The van der Waals surface area contributed by atoms with Crippen LogP contribution in [-0.4, -0.2) is 4.98 Å². The van der Waals surface area contributed by atoms with Crippen molar-refractivity contribution in [3.63, 3.8) is 0 Å². The van der Waals surface area contributed by atoms with E-state index < -0.39 is 0 Å². The van der Waals surface area contributed by atoms with Gasteiger partial charge in [0.2, 0.25) is 0 Å². The van der Waals surface area contributed by atoms with Gasteiger partial charge in [0.15, 0.2) is 4.47 Å². The van der Waals surface area contributed by atoms with E-state index in [1.165, 1.54) is 17.8 Å². The van der Waals surface area contributed by atoms with E-state index in [1.54, 1.807) is 0 Å². The molecule has 1 aliphatic rings. The van der Waals surface area contributed by atoms with Crippen LogP contribution in [0.25, 0.3) is 0 Å². The van der Waals surface area contributed by atoms with E-state index in [0.29, 0.717) is 4.47 Å². The van der Waals surface area contributed by atoms with E-state index in [9.17, 15) is 0 Å². The topological polar surface area (TPSA) is 36.7 Å². The summed E-state index contributed by atoms with van der Waals surface area (Å²) in [6, 6.07) is 2.39. The van der Waals surface area contributed by atoms with Crippen molar-refractivity contribution in [2.24, 2.45) is 5.41 Å². The second-order valence-electron chi connectivity index (χ2n) is 3.51. The summed E-state index contributed by atoms with van der Waals surface area (Å²) in [6.07, 6.45) is 3.97. The third-order valence-electron chi connectivity index (χ3n) is 2.59. The third-order valence-corrected chi connectivity index (χ3v) is 3.62. The molecule has 1 saturated carbocycles. The molecule has 0 spiro atoms. The first-order valence-electron chi connectivity index (χ1n) is 4.25. The Labute approximate surface area is 86.2 Å². The van der Waals surface area contributed by atoms with Gasteiger partial charge in [0.25, 0.3) is 0 Å². The van der Waals surface area contributed by atoms with Crippen LogP contribution in [0.15, 0.2) is 5.38 Å². The lowest BCUT2D eigenvalue weighted by Crippen LogP contribution is -2.29. The van der Waals surface area contributed by atoms with Crippen molar-refractivity contribution in [3.05, 3.63) is 15.5 Å². The van der Waals surface area contributed by atoms with E-state index in [-0.39, 0.29) is 5.41 Å². The smallest absolute Gasteiger partial charge is 0.183 e. The van der Waals surface area contributed by atoms with Crippen LogP contribution in [0.5, 0.6) is 0 Å². The van der Waals surface area contributed by atoms with Gasteiger partial charge in [0.05, 0.1) is 17.2 Å². The van der Waals surface area contributed by atoms with Gasteiger partial charge >= 0.3 is 0 Å². The molecular weight excluding hydrogens is 204 g/mol. The molecule has 0 atom stereocenters. The van der Waals surface area contributed by atoms with Crippen LogP contribution in [0.2, 0.25) is 4.47 Å². The lowest BCUT2D eigenvalue weighted by molar-refractivity contribution is 0.212.